The first kappa shape index (κ1) is 8.12. The minimum Gasteiger partial charge on any atom is -0.350 e. The smallest absolute Gasteiger partial charge is 0.0424 e. The Morgan fingerprint density at radius 2 is 1.82 bits per heavy atom. The molecule has 0 unspecified atom stereocenters. The van der Waals surface area contributed by atoms with E-state index in [1.54, 1.807) is 0 Å². The maximum absolute atomic E-state index is 3.87. The van der Waals surface area contributed by atoms with E-state index in [-0.39, 0.29) is 0 Å². The summed E-state index contributed by atoms with van der Waals surface area (Å²) in [5, 5.41) is 0. The molecular formula is C10H15N. The summed E-state index contributed by atoms with van der Waals surface area (Å²) in [6.07, 6.45) is 4.31. The number of hydrogen-bond acceptors (Lipinski definition) is 0. The molecule has 0 atom stereocenters. The van der Waals surface area contributed by atoms with Crippen LogP contribution in [0, 0.1) is 13.8 Å². The molecule has 0 spiro atoms. The van der Waals surface area contributed by atoms with Gasteiger partial charge < -0.3 is 4.57 Å². The Bertz CT molecular complexity index is 249. The minimum absolute atomic E-state index is 0.939. The quantitative estimate of drug-likeness (QED) is 0.570. The van der Waals surface area contributed by atoms with Gasteiger partial charge >= 0.3 is 0 Å². The van der Waals surface area contributed by atoms with Crippen LogP contribution >= 0.6 is 0 Å². The van der Waals surface area contributed by atoms with Crippen LogP contribution in [0.1, 0.15) is 18.1 Å². The van der Waals surface area contributed by atoms with Gasteiger partial charge in [0.2, 0.25) is 0 Å². The third-order valence-corrected chi connectivity index (χ3v) is 1.79. The lowest BCUT2D eigenvalue weighted by atomic mass is 10.2. The van der Waals surface area contributed by atoms with Gasteiger partial charge in [-0.1, -0.05) is 12.2 Å². The fourth-order valence-electron chi connectivity index (χ4n) is 1.14. The molecule has 0 aromatic carbocycles. The van der Waals surface area contributed by atoms with Crippen molar-refractivity contribution in [1.29, 1.82) is 0 Å². The monoisotopic (exact) mass is 149 g/mol. The highest BCUT2D eigenvalue weighted by molar-refractivity contribution is 5.21. The minimum atomic E-state index is 0.939. The summed E-state index contributed by atoms with van der Waals surface area (Å²) in [6.45, 7) is 11.1. The lowest BCUT2D eigenvalue weighted by Crippen LogP contribution is -1.93. The van der Waals surface area contributed by atoms with Gasteiger partial charge in [0.1, 0.15) is 0 Å². The van der Waals surface area contributed by atoms with Crippen molar-refractivity contribution in [2.24, 2.45) is 0 Å². The van der Waals surface area contributed by atoms with Gasteiger partial charge in [0.05, 0.1) is 0 Å². The molecule has 1 aromatic rings. The van der Waals surface area contributed by atoms with Crippen LogP contribution in [0.5, 0.6) is 0 Å². The van der Waals surface area contributed by atoms with Crippen LogP contribution in [0.25, 0.3) is 0 Å². The highest BCUT2D eigenvalue weighted by Gasteiger charge is 1.96. The first-order chi connectivity index (χ1) is 5.09. The number of aryl methyl sites for hydroxylation is 2. The van der Waals surface area contributed by atoms with Crippen molar-refractivity contribution < 1.29 is 0 Å². The summed E-state index contributed by atoms with van der Waals surface area (Å²) in [7, 11) is 0. The van der Waals surface area contributed by atoms with Crippen molar-refractivity contribution >= 4 is 0 Å². The Morgan fingerprint density at radius 3 is 2.18 bits per heavy atom. The Morgan fingerprint density at radius 1 is 1.36 bits per heavy atom. The molecule has 0 bridgehead atoms. The second-order valence-corrected chi connectivity index (χ2v) is 3.25. The Balaban J connectivity index is 2.81. The molecule has 0 aliphatic rings. The van der Waals surface area contributed by atoms with Crippen molar-refractivity contribution in [3.8, 4) is 0 Å². The van der Waals surface area contributed by atoms with Gasteiger partial charge in [-0.05, 0) is 31.9 Å². The fraction of sp³-hybridized carbons (Fsp3) is 0.400. The van der Waals surface area contributed by atoms with E-state index in [0.717, 1.165) is 6.54 Å². The molecule has 1 rings (SSSR count). The van der Waals surface area contributed by atoms with Gasteiger partial charge in [0.25, 0.3) is 0 Å². The van der Waals surface area contributed by atoms with Crippen LogP contribution in [0.4, 0.5) is 0 Å². The van der Waals surface area contributed by atoms with E-state index in [2.05, 4.69) is 37.4 Å². The highest BCUT2D eigenvalue weighted by Crippen LogP contribution is 2.08. The van der Waals surface area contributed by atoms with E-state index in [9.17, 15) is 0 Å². The third kappa shape index (κ3) is 1.97. The Labute approximate surface area is 68.4 Å². The molecule has 0 aliphatic carbocycles. The Kier molecular flexibility index (Phi) is 2.18. The standard InChI is InChI=1S/C10H15N/c1-8(2)5-11-6-9(3)10(4)7-11/h6-7H,1,5H2,2-4H3. The average molecular weight is 149 g/mol. The van der Waals surface area contributed by atoms with Gasteiger partial charge in [-0.2, -0.15) is 0 Å². The molecule has 0 N–H and O–H groups in total. The van der Waals surface area contributed by atoms with Crippen LogP contribution in [-0.2, 0) is 6.54 Å². The predicted octanol–water partition coefficient (Wildman–Crippen LogP) is 2.68. The zero-order valence-corrected chi connectivity index (χ0v) is 7.52. The molecule has 1 heterocycles. The lowest BCUT2D eigenvalue weighted by molar-refractivity contribution is 0.790. The number of rotatable bonds is 2. The van der Waals surface area contributed by atoms with Crippen LogP contribution in [-0.4, -0.2) is 4.57 Å². The molecule has 1 heteroatoms. The van der Waals surface area contributed by atoms with E-state index < -0.39 is 0 Å². The highest BCUT2D eigenvalue weighted by atomic mass is 14.9. The van der Waals surface area contributed by atoms with Crippen molar-refractivity contribution in [3.63, 3.8) is 0 Å². The van der Waals surface area contributed by atoms with Gasteiger partial charge in [-0.25, -0.2) is 0 Å². The molecule has 0 radical (unpaired) electrons. The van der Waals surface area contributed by atoms with Crippen LogP contribution in [0.3, 0.4) is 0 Å². The van der Waals surface area contributed by atoms with Crippen molar-refractivity contribution in [2.75, 3.05) is 0 Å². The maximum atomic E-state index is 3.87. The number of aromatic nitrogens is 1. The molecule has 0 fully saturated rings. The zero-order chi connectivity index (χ0) is 8.43. The average Bonchev–Trinajstić information content (AvgIpc) is 2.10. The molecule has 0 saturated carbocycles. The molecule has 0 amide bonds. The summed E-state index contributed by atoms with van der Waals surface area (Å²) in [5.41, 5.74) is 3.90. The molecule has 0 saturated heterocycles. The van der Waals surface area contributed by atoms with Crippen LogP contribution in [0.15, 0.2) is 24.5 Å². The molecule has 60 valence electrons. The summed E-state index contributed by atoms with van der Waals surface area (Å²) in [5.74, 6) is 0. The topological polar surface area (TPSA) is 4.93 Å². The second-order valence-electron chi connectivity index (χ2n) is 3.25. The van der Waals surface area contributed by atoms with Gasteiger partial charge in [-0.3, -0.25) is 0 Å². The van der Waals surface area contributed by atoms with Crippen molar-refractivity contribution in [3.05, 3.63) is 35.7 Å². The van der Waals surface area contributed by atoms with Crippen molar-refractivity contribution in [2.45, 2.75) is 27.3 Å². The summed E-state index contributed by atoms with van der Waals surface area (Å²) >= 11 is 0. The summed E-state index contributed by atoms with van der Waals surface area (Å²) in [4.78, 5) is 0. The maximum Gasteiger partial charge on any atom is 0.0424 e. The lowest BCUT2D eigenvalue weighted by Gasteiger charge is -1.99. The molecule has 1 nitrogen and oxygen atoms in total. The number of allylic oxidation sites excluding steroid dienone is 1. The molecule has 0 aliphatic heterocycles. The van der Waals surface area contributed by atoms with E-state index in [4.69, 9.17) is 0 Å². The molecule has 1 aromatic heterocycles. The molecule has 11 heavy (non-hydrogen) atoms. The first-order valence-electron chi connectivity index (χ1n) is 3.87. The largest absolute Gasteiger partial charge is 0.350 e. The SMILES string of the molecule is C=C(C)Cn1cc(C)c(C)c1. The summed E-state index contributed by atoms with van der Waals surface area (Å²) in [6, 6.07) is 0. The number of nitrogens with zero attached hydrogens (tertiary/aromatic N) is 1. The Hall–Kier alpha value is -0.980. The first-order valence-corrected chi connectivity index (χ1v) is 3.87. The molecular weight excluding hydrogens is 134 g/mol. The summed E-state index contributed by atoms with van der Waals surface area (Å²) < 4.78 is 2.17. The fourth-order valence-corrected chi connectivity index (χ4v) is 1.14. The van der Waals surface area contributed by atoms with Gasteiger partial charge in [-0.15, -0.1) is 0 Å². The van der Waals surface area contributed by atoms with E-state index in [1.807, 2.05) is 6.92 Å². The van der Waals surface area contributed by atoms with Crippen molar-refractivity contribution in [1.82, 2.24) is 4.57 Å². The zero-order valence-electron chi connectivity index (χ0n) is 7.52. The van der Waals surface area contributed by atoms with Gasteiger partial charge in [0, 0.05) is 18.9 Å². The van der Waals surface area contributed by atoms with Crippen LogP contribution in [0.2, 0.25) is 0 Å². The van der Waals surface area contributed by atoms with Crippen LogP contribution < -0.4 is 0 Å². The van der Waals surface area contributed by atoms with Gasteiger partial charge in [0.15, 0.2) is 0 Å². The normalized spacial score (nSPS) is 10.1. The third-order valence-electron chi connectivity index (χ3n) is 1.79. The van der Waals surface area contributed by atoms with E-state index >= 15 is 0 Å². The van der Waals surface area contributed by atoms with E-state index in [0.29, 0.717) is 0 Å². The number of hydrogen-bond donors (Lipinski definition) is 0. The predicted molar refractivity (Wildman–Crippen MR) is 48.7 cm³/mol. The second kappa shape index (κ2) is 2.95. The van der Waals surface area contributed by atoms with E-state index in [1.165, 1.54) is 16.7 Å².